The number of anilines is 1. The molecule has 1 heterocycles. The minimum atomic E-state index is -0.238. The van der Waals surface area contributed by atoms with Crippen molar-refractivity contribution in [1.29, 1.82) is 0 Å². The Morgan fingerprint density at radius 3 is 2.65 bits per heavy atom. The summed E-state index contributed by atoms with van der Waals surface area (Å²) in [5, 5.41) is 13.1. The summed E-state index contributed by atoms with van der Waals surface area (Å²) in [6.07, 6.45) is 0. The van der Waals surface area contributed by atoms with Gasteiger partial charge in [0.05, 0.1) is 5.56 Å². The molecule has 0 aliphatic heterocycles. The molecule has 5 nitrogen and oxygen atoms in total. The molecule has 0 saturated carbocycles. The Bertz CT molecular complexity index is 1090. The largest absolute Gasteiger partial charge is 0.507 e. The first-order chi connectivity index (χ1) is 12.6. The van der Waals surface area contributed by atoms with E-state index >= 15 is 0 Å². The summed E-state index contributed by atoms with van der Waals surface area (Å²) in [4.78, 5) is 16.7. The molecule has 0 saturated heterocycles. The Balaban J connectivity index is 1.60. The van der Waals surface area contributed by atoms with Gasteiger partial charge in [-0.2, -0.15) is 0 Å². The molecule has 0 unspecified atom stereocenters. The van der Waals surface area contributed by atoms with Gasteiger partial charge in [-0.05, 0) is 65.1 Å². The van der Waals surface area contributed by atoms with Crippen LogP contribution in [0.25, 0.3) is 22.6 Å². The summed E-state index contributed by atoms with van der Waals surface area (Å²) in [5.41, 5.74) is 2.88. The van der Waals surface area contributed by atoms with Crippen molar-refractivity contribution in [3.05, 3.63) is 75.9 Å². The maximum atomic E-state index is 12.3. The zero-order valence-corrected chi connectivity index (χ0v) is 15.6. The number of rotatable bonds is 3. The van der Waals surface area contributed by atoms with Gasteiger partial charge < -0.3 is 14.8 Å². The molecule has 0 fully saturated rings. The van der Waals surface area contributed by atoms with Gasteiger partial charge in [-0.3, -0.25) is 4.79 Å². The maximum Gasteiger partial charge on any atom is 0.255 e. The first-order valence-electron chi connectivity index (χ1n) is 7.86. The van der Waals surface area contributed by atoms with E-state index in [0.717, 1.165) is 9.09 Å². The molecule has 3 aromatic carbocycles. The van der Waals surface area contributed by atoms with Crippen molar-refractivity contribution in [3.8, 4) is 17.2 Å². The lowest BCUT2D eigenvalue weighted by Gasteiger charge is -2.08. The van der Waals surface area contributed by atoms with E-state index < -0.39 is 0 Å². The van der Waals surface area contributed by atoms with Crippen LogP contribution < -0.4 is 5.32 Å². The van der Waals surface area contributed by atoms with E-state index in [1.807, 2.05) is 36.4 Å². The van der Waals surface area contributed by atoms with Gasteiger partial charge in [0.1, 0.15) is 11.3 Å². The highest BCUT2D eigenvalue weighted by Crippen LogP contribution is 2.33. The minimum absolute atomic E-state index is 0.0167. The van der Waals surface area contributed by atoms with Crippen molar-refractivity contribution >= 4 is 45.3 Å². The summed E-state index contributed by atoms with van der Waals surface area (Å²) in [5.74, 6) is 0.0775. The summed E-state index contributed by atoms with van der Waals surface area (Å²) in [7, 11) is 0. The lowest BCUT2D eigenvalue weighted by atomic mass is 10.1. The molecular formula is C20H13IN2O3. The number of benzene rings is 3. The number of hydrogen-bond donors (Lipinski definition) is 2. The van der Waals surface area contributed by atoms with Gasteiger partial charge >= 0.3 is 0 Å². The third kappa shape index (κ3) is 3.28. The molecule has 0 bridgehead atoms. The number of carbonyl (C=O) groups excluding carboxylic acids is 1. The van der Waals surface area contributed by atoms with E-state index in [2.05, 4.69) is 32.9 Å². The summed E-state index contributed by atoms with van der Waals surface area (Å²) in [6, 6.07) is 19.5. The van der Waals surface area contributed by atoms with E-state index in [0.29, 0.717) is 28.3 Å². The monoisotopic (exact) mass is 456 g/mol. The number of phenols is 1. The van der Waals surface area contributed by atoms with Crippen molar-refractivity contribution in [2.75, 3.05) is 5.32 Å². The Morgan fingerprint density at radius 2 is 1.88 bits per heavy atom. The molecule has 0 aliphatic carbocycles. The number of aromatic nitrogens is 1. The van der Waals surface area contributed by atoms with E-state index in [9.17, 15) is 9.90 Å². The molecule has 6 heteroatoms. The normalized spacial score (nSPS) is 10.8. The van der Waals surface area contributed by atoms with Crippen LogP contribution in [0.4, 0.5) is 5.69 Å². The molecule has 1 aromatic heterocycles. The zero-order valence-electron chi connectivity index (χ0n) is 13.4. The van der Waals surface area contributed by atoms with Crippen LogP contribution in [-0.2, 0) is 0 Å². The highest BCUT2D eigenvalue weighted by molar-refractivity contribution is 14.1. The van der Waals surface area contributed by atoms with E-state index in [-0.39, 0.29) is 11.7 Å². The molecule has 0 atom stereocenters. The van der Waals surface area contributed by atoms with Crippen molar-refractivity contribution in [2.24, 2.45) is 0 Å². The second-order valence-corrected chi connectivity index (χ2v) is 6.93. The molecule has 0 spiro atoms. The van der Waals surface area contributed by atoms with Crippen LogP contribution in [0.3, 0.4) is 0 Å². The van der Waals surface area contributed by atoms with Crippen LogP contribution in [-0.4, -0.2) is 16.0 Å². The number of hydrogen-bond acceptors (Lipinski definition) is 4. The highest BCUT2D eigenvalue weighted by Gasteiger charge is 2.14. The van der Waals surface area contributed by atoms with Gasteiger partial charge in [0.15, 0.2) is 5.58 Å². The fraction of sp³-hybridized carbons (Fsp3) is 0. The third-order valence-corrected chi connectivity index (χ3v) is 4.54. The van der Waals surface area contributed by atoms with E-state index in [4.69, 9.17) is 4.42 Å². The molecule has 128 valence electrons. The fourth-order valence-corrected chi connectivity index (χ4v) is 3.15. The lowest BCUT2D eigenvalue weighted by Crippen LogP contribution is -2.11. The number of nitrogens with one attached hydrogen (secondary N) is 1. The van der Waals surface area contributed by atoms with Crippen LogP contribution in [0, 0.1) is 3.57 Å². The van der Waals surface area contributed by atoms with E-state index in [1.54, 1.807) is 24.3 Å². The van der Waals surface area contributed by atoms with Gasteiger partial charge in [-0.15, -0.1) is 0 Å². The second-order valence-electron chi connectivity index (χ2n) is 5.68. The predicted octanol–water partition coefficient (Wildman–Crippen LogP) is 5.06. The smallest absolute Gasteiger partial charge is 0.255 e. The first-order valence-corrected chi connectivity index (χ1v) is 8.94. The third-order valence-electron chi connectivity index (χ3n) is 3.87. The number of nitrogens with zero attached hydrogens (tertiary/aromatic N) is 1. The zero-order chi connectivity index (χ0) is 18.1. The van der Waals surface area contributed by atoms with Crippen molar-refractivity contribution in [3.63, 3.8) is 0 Å². The molecule has 1 amide bonds. The number of phenolic OH excluding ortho intramolecular Hbond substituents is 1. The summed E-state index contributed by atoms with van der Waals surface area (Å²) < 4.78 is 6.66. The van der Waals surface area contributed by atoms with Crippen LogP contribution in [0.1, 0.15) is 10.4 Å². The number of aromatic hydroxyl groups is 1. The molecule has 4 rings (SSSR count). The summed E-state index contributed by atoms with van der Waals surface area (Å²) >= 11 is 2.15. The van der Waals surface area contributed by atoms with Gasteiger partial charge in [-0.25, -0.2) is 4.98 Å². The van der Waals surface area contributed by atoms with Crippen LogP contribution in [0.2, 0.25) is 0 Å². The lowest BCUT2D eigenvalue weighted by molar-refractivity contribution is 0.102. The van der Waals surface area contributed by atoms with Gasteiger partial charge in [-0.1, -0.05) is 18.2 Å². The Labute approximate surface area is 162 Å². The summed E-state index contributed by atoms with van der Waals surface area (Å²) in [6.45, 7) is 0. The number of para-hydroxylation sites is 2. The molecule has 2 N–H and O–H groups in total. The van der Waals surface area contributed by atoms with E-state index in [1.165, 1.54) is 6.07 Å². The topological polar surface area (TPSA) is 75.4 Å². The van der Waals surface area contributed by atoms with Crippen LogP contribution >= 0.6 is 22.6 Å². The van der Waals surface area contributed by atoms with Gasteiger partial charge in [0.25, 0.3) is 5.91 Å². The molecule has 26 heavy (non-hydrogen) atoms. The predicted molar refractivity (Wildman–Crippen MR) is 108 cm³/mol. The van der Waals surface area contributed by atoms with Crippen LogP contribution in [0.15, 0.2) is 71.1 Å². The molecule has 0 radical (unpaired) electrons. The Kier molecular flexibility index (Phi) is 4.34. The quantitative estimate of drug-likeness (QED) is 0.423. The average Bonchev–Trinajstić information content (AvgIpc) is 3.05. The van der Waals surface area contributed by atoms with Gasteiger partial charge in [0, 0.05) is 20.9 Å². The number of fused-ring (bicyclic) bond motifs is 1. The fourth-order valence-electron chi connectivity index (χ4n) is 2.61. The number of carbonyl (C=O) groups is 1. The van der Waals surface area contributed by atoms with Crippen LogP contribution in [0.5, 0.6) is 5.75 Å². The average molecular weight is 456 g/mol. The molecule has 4 aromatic rings. The highest BCUT2D eigenvalue weighted by atomic mass is 127. The number of amides is 1. The maximum absolute atomic E-state index is 12.3. The van der Waals surface area contributed by atoms with Gasteiger partial charge in [0.2, 0.25) is 5.89 Å². The second kappa shape index (κ2) is 6.80. The number of oxazole rings is 1. The van der Waals surface area contributed by atoms with Crippen molar-refractivity contribution in [1.82, 2.24) is 4.98 Å². The van der Waals surface area contributed by atoms with Crippen molar-refractivity contribution in [2.45, 2.75) is 0 Å². The standard InChI is InChI=1S/C20H13IN2O3/c21-13-5-3-4-12(10-13)19(25)22-14-8-9-15(17(24)11-14)20-23-16-6-1-2-7-18(16)26-20/h1-11,24H,(H,22,25). The van der Waals surface area contributed by atoms with Crippen molar-refractivity contribution < 1.29 is 14.3 Å². The molecular weight excluding hydrogens is 443 g/mol. The minimum Gasteiger partial charge on any atom is -0.507 e. The first kappa shape index (κ1) is 16.6. The number of halogens is 1. The molecule has 0 aliphatic rings. The SMILES string of the molecule is O=C(Nc1ccc(-c2nc3ccccc3o2)c(O)c1)c1cccc(I)c1. The Hall–Kier alpha value is -2.87. The Morgan fingerprint density at radius 1 is 1.04 bits per heavy atom.